The number of aryl methyl sites for hydroxylation is 1. The van der Waals surface area contributed by atoms with E-state index < -0.39 is 10.0 Å². The molecule has 0 saturated carbocycles. The van der Waals surface area contributed by atoms with Crippen LogP contribution in [0.5, 0.6) is 0 Å². The van der Waals surface area contributed by atoms with Crippen LogP contribution in [0.3, 0.4) is 0 Å². The molecule has 1 aliphatic rings. The number of carbonyl (C=O) groups excluding carboxylic acids is 1. The molecule has 208 valence electrons. The van der Waals surface area contributed by atoms with Crippen molar-refractivity contribution in [3.63, 3.8) is 0 Å². The summed E-state index contributed by atoms with van der Waals surface area (Å²) in [6, 6.07) is 24.2. The number of anilines is 1. The average Bonchev–Trinajstić information content (AvgIpc) is 3.22. The van der Waals surface area contributed by atoms with Gasteiger partial charge in [-0.2, -0.15) is 0 Å². The van der Waals surface area contributed by atoms with Gasteiger partial charge in [-0.05, 0) is 66.8 Å². The number of pyridine rings is 1. The Kier molecular flexibility index (Phi) is 8.77. The number of benzene rings is 3. The van der Waals surface area contributed by atoms with Gasteiger partial charge < -0.3 is 4.90 Å². The first-order chi connectivity index (χ1) is 19.4. The lowest BCUT2D eigenvalue weighted by Gasteiger charge is -2.22. The number of nitrogens with zero attached hydrogens (tertiary/aromatic N) is 3. The van der Waals surface area contributed by atoms with Crippen LogP contribution in [0.4, 0.5) is 5.69 Å². The van der Waals surface area contributed by atoms with Crippen molar-refractivity contribution >= 4 is 32.5 Å². The number of amides is 1. The van der Waals surface area contributed by atoms with Gasteiger partial charge in [0.25, 0.3) is 15.9 Å². The minimum Gasteiger partial charge on any atom is -0.337 e. The second-order valence-corrected chi connectivity index (χ2v) is 12.0. The number of nitrogens with one attached hydrogen (secondary N) is 1. The summed E-state index contributed by atoms with van der Waals surface area (Å²) in [7, 11) is -3.85. The van der Waals surface area contributed by atoms with Crippen LogP contribution in [0, 0.1) is 0 Å². The number of aromatic nitrogens is 1. The minimum absolute atomic E-state index is 0.0326. The van der Waals surface area contributed by atoms with Crippen LogP contribution in [0.2, 0.25) is 0 Å². The van der Waals surface area contributed by atoms with Crippen molar-refractivity contribution in [1.82, 2.24) is 14.8 Å². The first kappa shape index (κ1) is 27.8. The molecular weight excluding hydrogens is 520 g/mol. The molecule has 1 aromatic heterocycles. The van der Waals surface area contributed by atoms with Crippen molar-refractivity contribution in [2.24, 2.45) is 0 Å². The molecule has 0 aliphatic carbocycles. The lowest BCUT2D eigenvalue weighted by Crippen LogP contribution is -2.35. The second kappa shape index (κ2) is 12.6. The lowest BCUT2D eigenvalue weighted by molar-refractivity contribution is 0.0761. The Labute approximate surface area is 236 Å². The summed E-state index contributed by atoms with van der Waals surface area (Å²) in [5.41, 5.74) is 4.06. The Hall–Kier alpha value is -3.75. The molecule has 1 aliphatic heterocycles. The van der Waals surface area contributed by atoms with Gasteiger partial charge in [0.05, 0.1) is 5.52 Å². The fourth-order valence-corrected chi connectivity index (χ4v) is 6.39. The van der Waals surface area contributed by atoms with Gasteiger partial charge in [0.2, 0.25) is 0 Å². The van der Waals surface area contributed by atoms with Crippen molar-refractivity contribution in [3.05, 3.63) is 102 Å². The second-order valence-electron chi connectivity index (χ2n) is 10.4. The molecule has 0 radical (unpaired) electrons. The van der Waals surface area contributed by atoms with Crippen LogP contribution in [-0.4, -0.2) is 55.3 Å². The Morgan fingerprint density at radius 1 is 0.875 bits per heavy atom. The number of carbonyl (C=O) groups is 1. The molecule has 4 aromatic rings. The summed E-state index contributed by atoms with van der Waals surface area (Å²) < 4.78 is 28.8. The van der Waals surface area contributed by atoms with E-state index in [1.807, 2.05) is 17.0 Å². The third-order valence-electron chi connectivity index (χ3n) is 7.39. The number of hydrogen-bond acceptors (Lipinski definition) is 5. The molecule has 0 unspecified atom stereocenters. The van der Waals surface area contributed by atoms with Crippen LogP contribution in [0.1, 0.15) is 47.7 Å². The number of hydrogen-bond donors (Lipinski definition) is 1. The molecule has 3 aromatic carbocycles. The van der Waals surface area contributed by atoms with Gasteiger partial charge in [-0.1, -0.05) is 55.8 Å². The molecule has 2 heterocycles. The van der Waals surface area contributed by atoms with E-state index in [1.54, 1.807) is 48.7 Å². The van der Waals surface area contributed by atoms with Crippen LogP contribution in [0.25, 0.3) is 10.9 Å². The fourth-order valence-electron chi connectivity index (χ4n) is 5.15. The SMILES string of the molecule is CCCCc1ccc(CN2CCCN(C(=O)c3ccc(NS(=O)(=O)c4cccc5cccnc45)cc3)CC2)cc1. The number of fused-ring (bicyclic) bond motifs is 1. The van der Waals surface area contributed by atoms with Crippen LogP contribution < -0.4 is 4.72 Å². The third-order valence-corrected chi connectivity index (χ3v) is 8.81. The zero-order valence-corrected chi connectivity index (χ0v) is 23.7. The maximum atomic E-state index is 13.3. The van der Waals surface area contributed by atoms with Gasteiger partial charge in [-0.25, -0.2) is 8.42 Å². The van der Waals surface area contributed by atoms with E-state index in [9.17, 15) is 13.2 Å². The summed E-state index contributed by atoms with van der Waals surface area (Å²) in [4.78, 5) is 21.9. The van der Waals surface area contributed by atoms with E-state index in [4.69, 9.17) is 0 Å². The molecule has 1 fully saturated rings. The van der Waals surface area contributed by atoms with E-state index in [-0.39, 0.29) is 10.8 Å². The smallest absolute Gasteiger partial charge is 0.264 e. The molecule has 0 atom stereocenters. The van der Waals surface area contributed by atoms with Gasteiger partial charge in [0.1, 0.15) is 4.90 Å². The molecule has 5 rings (SSSR count). The highest BCUT2D eigenvalue weighted by Crippen LogP contribution is 2.24. The highest BCUT2D eigenvalue weighted by atomic mass is 32.2. The number of sulfonamides is 1. The highest BCUT2D eigenvalue weighted by molar-refractivity contribution is 7.93. The van der Waals surface area contributed by atoms with E-state index in [1.165, 1.54) is 24.0 Å². The maximum absolute atomic E-state index is 13.3. The molecule has 7 nitrogen and oxygen atoms in total. The van der Waals surface area contributed by atoms with Crippen molar-refractivity contribution in [1.29, 1.82) is 0 Å². The molecule has 1 saturated heterocycles. The van der Waals surface area contributed by atoms with Gasteiger partial charge in [-0.3, -0.25) is 19.4 Å². The zero-order chi connectivity index (χ0) is 28.0. The summed E-state index contributed by atoms with van der Waals surface area (Å²) >= 11 is 0. The summed E-state index contributed by atoms with van der Waals surface area (Å²) in [6.07, 6.45) is 6.05. The Morgan fingerprint density at radius 2 is 1.62 bits per heavy atom. The van der Waals surface area contributed by atoms with Crippen LogP contribution in [0.15, 0.2) is 90.0 Å². The standard InChI is InChI=1S/C32H36N4O3S/c1-2-3-7-25-11-13-26(14-12-25)24-35-20-6-21-36(23-22-35)32(37)28-15-17-29(18-16-28)34-40(38,39)30-10-4-8-27-9-5-19-33-31(27)30/h4-5,8-19,34H,2-3,6-7,20-24H2,1H3. The Bertz CT molecular complexity index is 1550. The van der Waals surface area contributed by atoms with Gasteiger partial charge in [-0.15, -0.1) is 0 Å². The molecule has 1 N–H and O–H groups in total. The molecule has 0 bridgehead atoms. The molecule has 1 amide bonds. The van der Waals surface area contributed by atoms with Gasteiger partial charge in [0.15, 0.2) is 0 Å². The van der Waals surface area contributed by atoms with E-state index in [0.717, 1.165) is 37.9 Å². The Morgan fingerprint density at radius 3 is 2.40 bits per heavy atom. The van der Waals surface area contributed by atoms with Gasteiger partial charge >= 0.3 is 0 Å². The average molecular weight is 557 g/mol. The van der Waals surface area contributed by atoms with Crippen molar-refractivity contribution in [2.75, 3.05) is 30.9 Å². The van der Waals surface area contributed by atoms with Crippen molar-refractivity contribution < 1.29 is 13.2 Å². The van der Waals surface area contributed by atoms with Crippen molar-refractivity contribution in [2.45, 2.75) is 44.0 Å². The van der Waals surface area contributed by atoms with E-state index in [2.05, 4.69) is 45.8 Å². The number of rotatable bonds is 9. The largest absolute Gasteiger partial charge is 0.337 e. The molecule has 40 heavy (non-hydrogen) atoms. The fraction of sp³-hybridized carbons (Fsp3) is 0.312. The normalized spacial score (nSPS) is 14.7. The minimum atomic E-state index is -3.85. The lowest BCUT2D eigenvalue weighted by atomic mass is 10.1. The van der Waals surface area contributed by atoms with E-state index >= 15 is 0 Å². The summed E-state index contributed by atoms with van der Waals surface area (Å²) in [6.45, 7) is 6.24. The third kappa shape index (κ3) is 6.69. The van der Waals surface area contributed by atoms with Crippen molar-refractivity contribution in [3.8, 4) is 0 Å². The molecular formula is C32H36N4O3S. The quantitative estimate of drug-likeness (QED) is 0.285. The number of para-hydroxylation sites is 1. The summed E-state index contributed by atoms with van der Waals surface area (Å²) in [5.74, 6) is -0.0326. The zero-order valence-electron chi connectivity index (χ0n) is 22.9. The highest BCUT2D eigenvalue weighted by Gasteiger charge is 2.22. The monoisotopic (exact) mass is 556 g/mol. The Balaban J connectivity index is 1.18. The van der Waals surface area contributed by atoms with Crippen LogP contribution >= 0.6 is 0 Å². The summed E-state index contributed by atoms with van der Waals surface area (Å²) in [5, 5.41) is 0.752. The predicted molar refractivity (Wildman–Crippen MR) is 160 cm³/mol. The topological polar surface area (TPSA) is 82.6 Å². The predicted octanol–water partition coefficient (Wildman–Crippen LogP) is 5.73. The maximum Gasteiger partial charge on any atom is 0.264 e. The molecule has 8 heteroatoms. The van der Waals surface area contributed by atoms with Gasteiger partial charge in [0, 0.05) is 55.6 Å². The molecule has 0 spiro atoms. The number of unbranched alkanes of at least 4 members (excludes halogenated alkanes) is 1. The van der Waals surface area contributed by atoms with E-state index in [0.29, 0.717) is 29.9 Å². The first-order valence-electron chi connectivity index (χ1n) is 14.0. The first-order valence-corrected chi connectivity index (χ1v) is 15.5. The van der Waals surface area contributed by atoms with Crippen LogP contribution in [-0.2, 0) is 23.0 Å².